The number of rotatable bonds is 6. The molecule has 0 radical (unpaired) electrons. The third-order valence-electron chi connectivity index (χ3n) is 2.75. The molecular weight excluding hydrogens is 152 g/mol. The molecule has 3 atom stereocenters. The third-order valence-corrected chi connectivity index (χ3v) is 2.75. The molecule has 12 heavy (non-hydrogen) atoms. The summed E-state index contributed by atoms with van der Waals surface area (Å²) in [6.45, 7) is 6.43. The van der Waals surface area contributed by atoms with Gasteiger partial charge in [-0.25, -0.2) is 0 Å². The molecule has 74 valence electrons. The van der Waals surface area contributed by atoms with E-state index >= 15 is 0 Å². The quantitative estimate of drug-likeness (QED) is 0.644. The van der Waals surface area contributed by atoms with Gasteiger partial charge in [0.25, 0.3) is 0 Å². The standard InChI is InChI=1S/C10H22O2/c1-4-8(3)9(6-7-11)10(12)5-2/h8-12H,4-7H2,1-3H3/t8?,9-,10+/m0/s1. The Hall–Kier alpha value is -0.0800. The average molecular weight is 174 g/mol. The van der Waals surface area contributed by atoms with E-state index in [0.717, 1.165) is 19.3 Å². The van der Waals surface area contributed by atoms with Crippen LogP contribution in [0, 0.1) is 11.8 Å². The Morgan fingerprint density at radius 2 is 1.75 bits per heavy atom. The van der Waals surface area contributed by atoms with Gasteiger partial charge in [-0.15, -0.1) is 0 Å². The van der Waals surface area contributed by atoms with Gasteiger partial charge in [0, 0.05) is 6.61 Å². The van der Waals surface area contributed by atoms with Gasteiger partial charge in [0.1, 0.15) is 0 Å². The largest absolute Gasteiger partial charge is 0.396 e. The van der Waals surface area contributed by atoms with Crippen molar-refractivity contribution in [2.45, 2.75) is 46.1 Å². The second-order valence-corrected chi connectivity index (χ2v) is 3.54. The monoisotopic (exact) mass is 174 g/mol. The molecule has 0 heterocycles. The number of hydrogen-bond acceptors (Lipinski definition) is 2. The van der Waals surface area contributed by atoms with Crippen molar-refractivity contribution in [2.75, 3.05) is 6.61 Å². The summed E-state index contributed by atoms with van der Waals surface area (Å²) in [6.07, 6.45) is 2.34. The average Bonchev–Trinajstić information content (AvgIpc) is 2.11. The SMILES string of the molecule is CCC(C)[C@H](CCO)[C@H](O)CC. The van der Waals surface area contributed by atoms with Crippen LogP contribution < -0.4 is 0 Å². The van der Waals surface area contributed by atoms with E-state index in [1.807, 2.05) is 6.92 Å². The van der Waals surface area contributed by atoms with E-state index < -0.39 is 0 Å². The number of aliphatic hydroxyl groups is 2. The smallest absolute Gasteiger partial charge is 0.0569 e. The van der Waals surface area contributed by atoms with Crippen molar-refractivity contribution in [3.8, 4) is 0 Å². The second-order valence-electron chi connectivity index (χ2n) is 3.54. The third kappa shape index (κ3) is 3.55. The zero-order valence-electron chi connectivity index (χ0n) is 8.45. The van der Waals surface area contributed by atoms with Crippen molar-refractivity contribution in [1.82, 2.24) is 0 Å². The van der Waals surface area contributed by atoms with Crippen LogP contribution in [0.15, 0.2) is 0 Å². The van der Waals surface area contributed by atoms with Crippen LogP contribution >= 0.6 is 0 Å². The molecule has 0 aliphatic heterocycles. The van der Waals surface area contributed by atoms with Gasteiger partial charge in [-0.3, -0.25) is 0 Å². The Labute approximate surface area is 75.6 Å². The molecule has 2 heteroatoms. The lowest BCUT2D eigenvalue weighted by Crippen LogP contribution is -2.26. The Balaban J connectivity index is 4.01. The highest BCUT2D eigenvalue weighted by atomic mass is 16.3. The molecular formula is C10H22O2. The summed E-state index contributed by atoms with van der Waals surface area (Å²) >= 11 is 0. The Morgan fingerprint density at radius 3 is 2.08 bits per heavy atom. The van der Waals surface area contributed by atoms with E-state index in [1.165, 1.54) is 0 Å². The van der Waals surface area contributed by atoms with Crippen molar-refractivity contribution < 1.29 is 10.2 Å². The summed E-state index contributed by atoms with van der Waals surface area (Å²) in [4.78, 5) is 0. The maximum absolute atomic E-state index is 9.64. The fourth-order valence-electron chi connectivity index (χ4n) is 1.61. The van der Waals surface area contributed by atoms with E-state index in [-0.39, 0.29) is 18.6 Å². The van der Waals surface area contributed by atoms with Gasteiger partial charge in [-0.05, 0) is 24.7 Å². The molecule has 0 bridgehead atoms. The normalized spacial score (nSPS) is 18.8. The minimum absolute atomic E-state index is 0.187. The molecule has 2 N–H and O–H groups in total. The van der Waals surface area contributed by atoms with Gasteiger partial charge >= 0.3 is 0 Å². The summed E-state index contributed by atoms with van der Waals surface area (Å²) < 4.78 is 0. The van der Waals surface area contributed by atoms with Crippen LogP contribution in [0.5, 0.6) is 0 Å². The molecule has 0 spiro atoms. The predicted molar refractivity (Wildman–Crippen MR) is 50.9 cm³/mol. The van der Waals surface area contributed by atoms with E-state index in [0.29, 0.717) is 5.92 Å². The van der Waals surface area contributed by atoms with Gasteiger partial charge in [-0.1, -0.05) is 27.2 Å². The maximum Gasteiger partial charge on any atom is 0.0569 e. The molecule has 0 aliphatic rings. The molecule has 0 saturated carbocycles. The van der Waals surface area contributed by atoms with Crippen LogP contribution in [0.25, 0.3) is 0 Å². The zero-order valence-corrected chi connectivity index (χ0v) is 8.45. The Bertz CT molecular complexity index is 94.0. The van der Waals surface area contributed by atoms with Gasteiger partial charge in [0.05, 0.1) is 6.10 Å². The summed E-state index contributed by atoms with van der Waals surface area (Å²) in [5.41, 5.74) is 0. The van der Waals surface area contributed by atoms with Crippen LogP contribution in [0.2, 0.25) is 0 Å². The summed E-state index contributed by atoms with van der Waals surface area (Å²) in [5.74, 6) is 0.775. The molecule has 0 fully saturated rings. The fourth-order valence-corrected chi connectivity index (χ4v) is 1.61. The molecule has 1 unspecified atom stereocenters. The molecule has 0 aromatic carbocycles. The molecule has 0 rings (SSSR count). The van der Waals surface area contributed by atoms with E-state index in [1.54, 1.807) is 0 Å². The minimum Gasteiger partial charge on any atom is -0.396 e. The summed E-state index contributed by atoms with van der Waals surface area (Å²) in [5, 5.41) is 18.5. The molecule has 0 aromatic heterocycles. The number of aliphatic hydroxyl groups excluding tert-OH is 2. The van der Waals surface area contributed by atoms with Crippen LogP contribution in [0.1, 0.15) is 40.0 Å². The van der Waals surface area contributed by atoms with E-state index in [2.05, 4.69) is 13.8 Å². The summed E-state index contributed by atoms with van der Waals surface area (Å²) in [6, 6.07) is 0. The van der Waals surface area contributed by atoms with Gasteiger partial charge in [-0.2, -0.15) is 0 Å². The lowest BCUT2D eigenvalue weighted by molar-refractivity contribution is 0.0551. The zero-order chi connectivity index (χ0) is 9.56. The molecule has 0 aliphatic carbocycles. The van der Waals surface area contributed by atoms with Gasteiger partial charge in [0.15, 0.2) is 0 Å². The molecule has 0 aromatic rings. The molecule has 2 nitrogen and oxygen atoms in total. The van der Waals surface area contributed by atoms with Crippen molar-refractivity contribution in [2.24, 2.45) is 11.8 Å². The topological polar surface area (TPSA) is 40.5 Å². The first-order valence-corrected chi connectivity index (χ1v) is 4.96. The first kappa shape index (κ1) is 11.9. The molecule has 0 amide bonds. The number of hydrogen-bond donors (Lipinski definition) is 2. The Kier molecular flexibility index (Phi) is 6.39. The van der Waals surface area contributed by atoms with Crippen LogP contribution in [0.4, 0.5) is 0 Å². The molecule has 0 saturated heterocycles. The maximum atomic E-state index is 9.64. The van der Waals surface area contributed by atoms with Gasteiger partial charge < -0.3 is 10.2 Å². The summed E-state index contributed by atoms with van der Waals surface area (Å²) in [7, 11) is 0. The first-order valence-electron chi connectivity index (χ1n) is 4.96. The van der Waals surface area contributed by atoms with Crippen molar-refractivity contribution in [3.05, 3.63) is 0 Å². The first-order chi connectivity index (χ1) is 5.67. The lowest BCUT2D eigenvalue weighted by Gasteiger charge is -2.26. The van der Waals surface area contributed by atoms with Crippen LogP contribution in [-0.2, 0) is 0 Å². The lowest BCUT2D eigenvalue weighted by atomic mass is 9.84. The second kappa shape index (κ2) is 6.44. The minimum atomic E-state index is -0.243. The van der Waals surface area contributed by atoms with E-state index in [9.17, 15) is 5.11 Å². The van der Waals surface area contributed by atoms with Crippen LogP contribution in [-0.4, -0.2) is 22.9 Å². The van der Waals surface area contributed by atoms with Crippen molar-refractivity contribution in [3.63, 3.8) is 0 Å². The van der Waals surface area contributed by atoms with E-state index in [4.69, 9.17) is 5.11 Å². The van der Waals surface area contributed by atoms with Crippen LogP contribution in [0.3, 0.4) is 0 Å². The van der Waals surface area contributed by atoms with Gasteiger partial charge in [0.2, 0.25) is 0 Å². The fraction of sp³-hybridized carbons (Fsp3) is 1.00. The highest BCUT2D eigenvalue weighted by Crippen LogP contribution is 2.23. The van der Waals surface area contributed by atoms with Crippen molar-refractivity contribution >= 4 is 0 Å². The highest BCUT2D eigenvalue weighted by Gasteiger charge is 2.21. The predicted octanol–water partition coefficient (Wildman–Crippen LogP) is 1.80. The van der Waals surface area contributed by atoms with Crippen molar-refractivity contribution in [1.29, 1.82) is 0 Å². The highest BCUT2D eigenvalue weighted by molar-refractivity contribution is 4.72. The Morgan fingerprint density at radius 1 is 1.17 bits per heavy atom.